The molecular weight excluding hydrogens is 410 g/mol. The molecule has 0 heterocycles. The lowest BCUT2D eigenvalue weighted by atomic mass is 10.2. The van der Waals surface area contributed by atoms with Gasteiger partial charge in [0, 0.05) is 4.47 Å². The highest BCUT2D eigenvalue weighted by Crippen LogP contribution is 2.42. The molecule has 0 saturated heterocycles. The molecule has 0 saturated carbocycles. The number of hydrogen-bond donors (Lipinski definition) is 0. The van der Waals surface area contributed by atoms with Crippen LogP contribution in [0, 0.1) is 0 Å². The second-order valence-corrected chi connectivity index (χ2v) is 6.09. The Morgan fingerprint density at radius 1 is 1.00 bits per heavy atom. The van der Waals surface area contributed by atoms with Crippen LogP contribution in [0.15, 0.2) is 34.8 Å². The summed E-state index contributed by atoms with van der Waals surface area (Å²) in [6, 6.07) is 8.17. The van der Waals surface area contributed by atoms with Crippen LogP contribution in [-0.2, 0) is 0 Å². The highest BCUT2D eigenvalue weighted by atomic mass is 79.9. The molecule has 2 nitrogen and oxygen atoms in total. The van der Waals surface area contributed by atoms with Gasteiger partial charge in [-0.15, -0.1) is 0 Å². The number of ether oxygens (including phenoxy) is 1. The van der Waals surface area contributed by atoms with Crippen LogP contribution in [-0.4, -0.2) is 5.97 Å². The summed E-state index contributed by atoms with van der Waals surface area (Å²) in [5.41, 5.74) is 0.339. The number of benzene rings is 2. The summed E-state index contributed by atoms with van der Waals surface area (Å²) in [7, 11) is 0. The van der Waals surface area contributed by atoms with E-state index in [1.165, 1.54) is 6.07 Å². The van der Waals surface area contributed by atoms with E-state index < -0.39 is 5.97 Å². The van der Waals surface area contributed by atoms with E-state index in [0.717, 1.165) is 0 Å². The van der Waals surface area contributed by atoms with Crippen molar-refractivity contribution in [3.63, 3.8) is 0 Å². The van der Waals surface area contributed by atoms with Gasteiger partial charge >= 0.3 is 5.97 Å². The quantitative estimate of drug-likeness (QED) is 0.250. The first-order valence-corrected chi connectivity index (χ1v) is 7.52. The molecule has 2 aromatic rings. The molecule has 0 N–H and O–H groups in total. The smallest absolute Gasteiger partial charge is 0.344 e. The fourth-order valence-electron chi connectivity index (χ4n) is 1.42. The first kappa shape index (κ1) is 15.9. The molecule has 20 heavy (non-hydrogen) atoms. The zero-order valence-electron chi connectivity index (χ0n) is 9.59. The summed E-state index contributed by atoms with van der Waals surface area (Å²) in [5, 5.41) is 0.351. The first-order chi connectivity index (χ1) is 9.41. The van der Waals surface area contributed by atoms with E-state index in [1.54, 1.807) is 24.3 Å². The normalized spacial score (nSPS) is 10.4. The minimum atomic E-state index is -0.611. The molecule has 0 fully saturated rings. The van der Waals surface area contributed by atoms with E-state index >= 15 is 0 Å². The topological polar surface area (TPSA) is 26.3 Å². The Bertz CT molecular complexity index is 688. The van der Waals surface area contributed by atoms with Crippen LogP contribution >= 0.6 is 62.3 Å². The molecular formula is C13H5BrCl4O2. The van der Waals surface area contributed by atoms with E-state index in [0.29, 0.717) is 10.0 Å². The van der Waals surface area contributed by atoms with Crippen LogP contribution < -0.4 is 4.74 Å². The van der Waals surface area contributed by atoms with Crippen LogP contribution in [0.2, 0.25) is 20.1 Å². The van der Waals surface area contributed by atoms with Gasteiger partial charge in [0.25, 0.3) is 0 Å². The lowest BCUT2D eigenvalue weighted by Gasteiger charge is -2.11. The predicted molar refractivity (Wildman–Crippen MR) is 85.6 cm³/mol. The standard InChI is InChI=1S/C13H5BrCl4O2/c14-7-4-2-1-3-6(7)13(19)20-12-9(16)5-8(15)10(17)11(12)18/h1-5H. The van der Waals surface area contributed by atoms with Crippen molar-refractivity contribution in [1.29, 1.82) is 0 Å². The molecule has 104 valence electrons. The lowest BCUT2D eigenvalue weighted by molar-refractivity contribution is 0.0734. The maximum atomic E-state index is 12.1. The lowest BCUT2D eigenvalue weighted by Crippen LogP contribution is -2.10. The molecule has 0 amide bonds. The van der Waals surface area contributed by atoms with Crippen LogP contribution in [0.5, 0.6) is 5.75 Å². The maximum absolute atomic E-state index is 12.1. The number of esters is 1. The van der Waals surface area contributed by atoms with E-state index in [-0.39, 0.29) is 25.8 Å². The molecule has 0 unspecified atom stereocenters. The van der Waals surface area contributed by atoms with Crippen LogP contribution in [0.3, 0.4) is 0 Å². The first-order valence-electron chi connectivity index (χ1n) is 5.21. The van der Waals surface area contributed by atoms with E-state index in [1.807, 2.05) is 0 Å². The molecule has 0 aliphatic heterocycles. The molecule has 0 atom stereocenters. The minimum absolute atomic E-state index is 0.00966. The Labute approximate surface area is 143 Å². The van der Waals surface area contributed by atoms with Crippen LogP contribution in [0.25, 0.3) is 0 Å². The fourth-order valence-corrected chi connectivity index (χ4v) is 2.85. The Kier molecular flexibility index (Phi) is 5.21. The monoisotopic (exact) mass is 412 g/mol. The number of rotatable bonds is 2. The molecule has 2 rings (SSSR count). The highest BCUT2D eigenvalue weighted by Gasteiger charge is 2.20. The van der Waals surface area contributed by atoms with Gasteiger partial charge in [-0.05, 0) is 34.1 Å². The van der Waals surface area contributed by atoms with Crippen molar-refractivity contribution in [3.05, 3.63) is 60.5 Å². The Morgan fingerprint density at radius 2 is 1.65 bits per heavy atom. The Balaban J connectivity index is 2.39. The number of carbonyl (C=O) groups excluding carboxylic acids is 1. The highest BCUT2D eigenvalue weighted by molar-refractivity contribution is 9.10. The summed E-state index contributed by atoms with van der Waals surface area (Å²) in [6.07, 6.45) is 0. The van der Waals surface area contributed by atoms with Gasteiger partial charge in [-0.1, -0.05) is 58.5 Å². The molecule has 0 aliphatic rings. The van der Waals surface area contributed by atoms with E-state index in [9.17, 15) is 4.79 Å². The van der Waals surface area contributed by atoms with Gasteiger partial charge in [0.1, 0.15) is 5.02 Å². The average molecular weight is 415 g/mol. The van der Waals surface area contributed by atoms with Crippen LogP contribution in [0.1, 0.15) is 10.4 Å². The minimum Gasteiger partial charge on any atom is -0.420 e. The van der Waals surface area contributed by atoms with E-state index in [2.05, 4.69) is 15.9 Å². The summed E-state index contributed by atoms with van der Waals surface area (Å²) in [5.74, 6) is -0.636. The van der Waals surface area contributed by atoms with E-state index in [4.69, 9.17) is 51.1 Å². The molecule has 0 aliphatic carbocycles. The van der Waals surface area contributed by atoms with Crippen LogP contribution in [0.4, 0.5) is 0 Å². The molecule has 7 heteroatoms. The summed E-state index contributed by atoms with van der Waals surface area (Å²) in [6.45, 7) is 0. The number of hydrogen-bond acceptors (Lipinski definition) is 2. The van der Waals surface area contributed by atoms with Gasteiger partial charge < -0.3 is 4.74 Å². The van der Waals surface area contributed by atoms with Gasteiger partial charge in [-0.3, -0.25) is 0 Å². The fraction of sp³-hybridized carbons (Fsp3) is 0. The van der Waals surface area contributed by atoms with Crippen molar-refractivity contribution in [2.75, 3.05) is 0 Å². The van der Waals surface area contributed by atoms with Crippen molar-refractivity contribution in [2.24, 2.45) is 0 Å². The molecule has 2 aromatic carbocycles. The second kappa shape index (κ2) is 6.54. The Hall–Kier alpha value is -0.450. The Morgan fingerprint density at radius 3 is 2.30 bits per heavy atom. The zero-order chi connectivity index (χ0) is 14.9. The van der Waals surface area contributed by atoms with Gasteiger partial charge in [-0.2, -0.15) is 0 Å². The molecule has 0 aromatic heterocycles. The summed E-state index contributed by atoms with van der Waals surface area (Å²) in [4.78, 5) is 12.1. The third-order valence-corrected chi connectivity index (χ3v) is 4.58. The van der Waals surface area contributed by atoms with Gasteiger partial charge in [0.15, 0.2) is 5.75 Å². The van der Waals surface area contributed by atoms with Crippen molar-refractivity contribution < 1.29 is 9.53 Å². The summed E-state index contributed by atoms with van der Waals surface area (Å²) >= 11 is 26.9. The second-order valence-electron chi connectivity index (χ2n) is 3.67. The molecule has 0 bridgehead atoms. The third-order valence-electron chi connectivity index (χ3n) is 2.36. The number of halogens is 5. The van der Waals surface area contributed by atoms with Crippen molar-refractivity contribution in [2.45, 2.75) is 0 Å². The number of carbonyl (C=O) groups is 1. The van der Waals surface area contributed by atoms with Crippen molar-refractivity contribution >= 4 is 68.3 Å². The van der Waals surface area contributed by atoms with Gasteiger partial charge in [0.2, 0.25) is 0 Å². The SMILES string of the molecule is O=C(Oc1c(Cl)cc(Cl)c(Cl)c1Cl)c1ccccc1Br. The molecule has 0 spiro atoms. The third kappa shape index (κ3) is 3.23. The van der Waals surface area contributed by atoms with Gasteiger partial charge in [0.05, 0.1) is 20.6 Å². The van der Waals surface area contributed by atoms with Crippen molar-refractivity contribution in [1.82, 2.24) is 0 Å². The summed E-state index contributed by atoms with van der Waals surface area (Å²) < 4.78 is 5.80. The zero-order valence-corrected chi connectivity index (χ0v) is 14.2. The predicted octanol–water partition coefficient (Wildman–Crippen LogP) is 6.28. The van der Waals surface area contributed by atoms with Gasteiger partial charge in [-0.25, -0.2) is 4.79 Å². The molecule has 0 radical (unpaired) electrons. The largest absolute Gasteiger partial charge is 0.420 e. The maximum Gasteiger partial charge on any atom is 0.344 e. The average Bonchev–Trinajstić information content (AvgIpc) is 2.41. The van der Waals surface area contributed by atoms with Crippen molar-refractivity contribution in [3.8, 4) is 5.75 Å².